The smallest absolute Gasteiger partial charge is 0.307 e. The van der Waals surface area contributed by atoms with E-state index >= 15 is 0 Å². The molecule has 4 heteroatoms. The first kappa shape index (κ1) is 8.45. The van der Waals surface area contributed by atoms with Gasteiger partial charge < -0.3 is 5.11 Å². The molecular formula is C7H6INO2. The number of rotatable bonds is 2. The maximum atomic E-state index is 10.3. The molecule has 1 aromatic heterocycles. The molecule has 0 atom stereocenters. The van der Waals surface area contributed by atoms with Crippen LogP contribution in [0.5, 0.6) is 0 Å². The summed E-state index contributed by atoms with van der Waals surface area (Å²) in [4.78, 5) is 14.2. The number of hydrogen-bond donors (Lipinski definition) is 1. The van der Waals surface area contributed by atoms with E-state index in [1.165, 1.54) is 0 Å². The van der Waals surface area contributed by atoms with Crippen molar-refractivity contribution in [3.8, 4) is 0 Å². The van der Waals surface area contributed by atoms with Crippen molar-refractivity contribution in [1.29, 1.82) is 0 Å². The molecule has 0 bridgehead atoms. The van der Waals surface area contributed by atoms with Crippen LogP contribution in [0.4, 0.5) is 0 Å². The van der Waals surface area contributed by atoms with Gasteiger partial charge in [0, 0.05) is 6.20 Å². The van der Waals surface area contributed by atoms with Gasteiger partial charge in [0.25, 0.3) is 0 Å². The van der Waals surface area contributed by atoms with Gasteiger partial charge in [0.1, 0.15) is 3.70 Å². The fraction of sp³-hybridized carbons (Fsp3) is 0.143. The molecule has 1 aromatic rings. The molecule has 0 spiro atoms. The second-order valence-electron chi connectivity index (χ2n) is 2.02. The summed E-state index contributed by atoms with van der Waals surface area (Å²) in [5, 5.41) is 8.46. The zero-order valence-electron chi connectivity index (χ0n) is 5.62. The van der Waals surface area contributed by atoms with Gasteiger partial charge in [-0.1, -0.05) is 6.07 Å². The minimum Gasteiger partial charge on any atom is -0.481 e. The Hall–Kier alpha value is -0.650. The van der Waals surface area contributed by atoms with E-state index in [2.05, 4.69) is 4.98 Å². The van der Waals surface area contributed by atoms with Crippen LogP contribution < -0.4 is 0 Å². The van der Waals surface area contributed by atoms with Crippen molar-refractivity contribution in [3.63, 3.8) is 0 Å². The summed E-state index contributed by atoms with van der Waals surface area (Å²) in [5.41, 5.74) is 0.764. The molecule has 0 aliphatic rings. The summed E-state index contributed by atoms with van der Waals surface area (Å²) in [6.07, 6.45) is 1.69. The lowest BCUT2D eigenvalue weighted by molar-refractivity contribution is -0.136. The molecule has 0 saturated carbocycles. The number of hydrogen-bond acceptors (Lipinski definition) is 2. The van der Waals surface area contributed by atoms with Crippen molar-refractivity contribution >= 4 is 28.6 Å². The monoisotopic (exact) mass is 263 g/mol. The van der Waals surface area contributed by atoms with Crippen LogP contribution in [0.2, 0.25) is 0 Å². The molecule has 1 N–H and O–H groups in total. The van der Waals surface area contributed by atoms with Crippen LogP contribution in [0.1, 0.15) is 5.56 Å². The summed E-state index contributed by atoms with van der Waals surface area (Å²) < 4.78 is 0.757. The van der Waals surface area contributed by atoms with Gasteiger partial charge in [-0.25, -0.2) is 0 Å². The van der Waals surface area contributed by atoms with Crippen molar-refractivity contribution in [2.24, 2.45) is 0 Å². The highest BCUT2D eigenvalue weighted by molar-refractivity contribution is 14.1. The van der Waals surface area contributed by atoms with Gasteiger partial charge in [0.05, 0.1) is 6.42 Å². The molecule has 0 aromatic carbocycles. The highest BCUT2D eigenvalue weighted by Crippen LogP contribution is 2.08. The van der Waals surface area contributed by atoms with Crippen molar-refractivity contribution in [1.82, 2.24) is 4.98 Å². The first-order valence-corrected chi connectivity index (χ1v) is 4.09. The predicted molar refractivity (Wildman–Crippen MR) is 48.3 cm³/mol. The molecule has 58 valence electrons. The number of carboxylic acids is 1. The van der Waals surface area contributed by atoms with Crippen LogP contribution in [0, 0.1) is 3.70 Å². The van der Waals surface area contributed by atoms with Crippen LogP contribution in [0.3, 0.4) is 0 Å². The molecule has 11 heavy (non-hydrogen) atoms. The second-order valence-corrected chi connectivity index (χ2v) is 3.05. The molecule has 3 nitrogen and oxygen atoms in total. The maximum Gasteiger partial charge on any atom is 0.307 e. The Morgan fingerprint density at radius 3 is 3.00 bits per heavy atom. The predicted octanol–water partition coefficient (Wildman–Crippen LogP) is 1.31. The third-order valence-corrected chi connectivity index (χ3v) is 2.15. The second kappa shape index (κ2) is 3.66. The van der Waals surface area contributed by atoms with E-state index in [9.17, 15) is 4.79 Å². The first-order valence-electron chi connectivity index (χ1n) is 3.01. The Balaban J connectivity index is 2.86. The largest absolute Gasteiger partial charge is 0.481 e. The number of halogens is 1. The van der Waals surface area contributed by atoms with Gasteiger partial charge in [-0.2, -0.15) is 0 Å². The van der Waals surface area contributed by atoms with Crippen molar-refractivity contribution < 1.29 is 9.90 Å². The summed E-state index contributed by atoms with van der Waals surface area (Å²) >= 11 is 2.02. The van der Waals surface area contributed by atoms with Crippen LogP contribution >= 0.6 is 22.6 Å². The lowest BCUT2D eigenvalue weighted by atomic mass is 10.2. The summed E-state index contributed by atoms with van der Waals surface area (Å²) in [6.45, 7) is 0. The van der Waals surface area contributed by atoms with E-state index in [1.807, 2.05) is 22.6 Å². The third kappa shape index (κ3) is 2.45. The zero-order chi connectivity index (χ0) is 8.27. The minimum absolute atomic E-state index is 0.0477. The average molecular weight is 263 g/mol. The summed E-state index contributed by atoms with van der Waals surface area (Å²) in [7, 11) is 0. The van der Waals surface area contributed by atoms with Crippen LogP contribution in [-0.2, 0) is 11.2 Å². The SMILES string of the molecule is O=C(O)Cc1cccnc1I. The topological polar surface area (TPSA) is 50.2 Å². The van der Waals surface area contributed by atoms with Gasteiger partial charge in [-0.3, -0.25) is 9.78 Å². The van der Waals surface area contributed by atoms with Gasteiger partial charge in [0.2, 0.25) is 0 Å². The molecule has 0 saturated heterocycles. The number of carboxylic acid groups (broad SMARTS) is 1. The lowest BCUT2D eigenvalue weighted by Gasteiger charge is -1.97. The Kier molecular flexibility index (Phi) is 2.81. The maximum absolute atomic E-state index is 10.3. The number of carbonyl (C=O) groups is 1. The van der Waals surface area contributed by atoms with E-state index in [-0.39, 0.29) is 6.42 Å². The van der Waals surface area contributed by atoms with Crippen LogP contribution in [0.15, 0.2) is 18.3 Å². The third-order valence-electron chi connectivity index (χ3n) is 1.18. The summed E-state index contributed by atoms with van der Waals surface area (Å²) in [6, 6.07) is 3.50. The van der Waals surface area contributed by atoms with E-state index in [1.54, 1.807) is 18.3 Å². The van der Waals surface area contributed by atoms with E-state index in [0.717, 1.165) is 9.26 Å². The molecule has 0 amide bonds. The fourth-order valence-corrected chi connectivity index (χ4v) is 1.25. The molecule has 0 aliphatic carbocycles. The summed E-state index contributed by atoms with van der Waals surface area (Å²) in [5.74, 6) is -0.823. The van der Waals surface area contributed by atoms with Crippen molar-refractivity contribution in [2.45, 2.75) is 6.42 Å². The number of aromatic nitrogens is 1. The number of aliphatic carboxylic acids is 1. The minimum atomic E-state index is -0.823. The molecule has 0 radical (unpaired) electrons. The quantitative estimate of drug-likeness (QED) is 0.646. The van der Waals surface area contributed by atoms with Gasteiger partial charge in [0.15, 0.2) is 0 Å². The van der Waals surface area contributed by atoms with E-state index in [0.29, 0.717) is 0 Å². The van der Waals surface area contributed by atoms with E-state index < -0.39 is 5.97 Å². The average Bonchev–Trinajstić information content (AvgIpc) is 1.93. The zero-order valence-corrected chi connectivity index (χ0v) is 7.78. The van der Waals surface area contributed by atoms with Gasteiger partial charge >= 0.3 is 5.97 Å². The van der Waals surface area contributed by atoms with Gasteiger partial charge in [-0.15, -0.1) is 0 Å². The molecule has 0 fully saturated rings. The van der Waals surface area contributed by atoms with Crippen molar-refractivity contribution in [3.05, 3.63) is 27.6 Å². The molecular weight excluding hydrogens is 257 g/mol. The van der Waals surface area contributed by atoms with Gasteiger partial charge in [-0.05, 0) is 34.2 Å². The molecule has 1 heterocycles. The Bertz CT molecular complexity index is 275. The number of nitrogens with zero attached hydrogens (tertiary/aromatic N) is 1. The Morgan fingerprint density at radius 2 is 2.45 bits per heavy atom. The molecule has 0 aliphatic heterocycles. The van der Waals surface area contributed by atoms with Crippen molar-refractivity contribution in [2.75, 3.05) is 0 Å². The Labute approximate surface area is 77.6 Å². The standard InChI is InChI=1S/C7H6INO2/c8-7-5(4-6(10)11)2-1-3-9-7/h1-3H,4H2,(H,10,11). The van der Waals surface area contributed by atoms with Crippen LogP contribution in [-0.4, -0.2) is 16.1 Å². The van der Waals surface area contributed by atoms with E-state index in [4.69, 9.17) is 5.11 Å². The normalized spacial score (nSPS) is 9.55. The lowest BCUT2D eigenvalue weighted by Crippen LogP contribution is -2.02. The molecule has 0 unspecified atom stereocenters. The highest BCUT2D eigenvalue weighted by atomic mass is 127. The highest BCUT2D eigenvalue weighted by Gasteiger charge is 2.03. The first-order chi connectivity index (χ1) is 5.20. The Morgan fingerprint density at radius 1 is 1.73 bits per heavy atom. The van der Waals surface area contributed by atoms with Crippen LogP contribution in [0.25, 0.3) is 0 Å². The fourth-order valence-electron chi connectivity index (χ4n) is 0.714. The molecule has 1 rings (SSSR count). The number of pyridine rings is 1.